The van der Waals surface area contributed by atoms with E-state index in [1.807, 2.05) is 19.9 Å². The van der Waals surface area contributed by atoms with Crippen molar-refractivity contribution in [3.05, 3.63) is 57.9 Å². The fourth-order valence-electron chi connectivity index (χ4n) is 4.28. The number of halogens is 1. The van der Waals surface area contributed by atoms with Crippen LogP contribution in [-0.4, -0.2) is 39.0 Å². The van der Waals surface area contributed by atoms with Gasteiger partial charge in [0.05, 0.1) is 22.0 Å². The average Bonchev–Trinajstić information content (AvgIpc) is 2.76. The second-order valence-corrected chi connectivity index (χ2v) is 14.5. The zero-order valence-electron chi connectivity index (χ0n) is 22.7. The standard InChI is InChI=1S/C27H35FN2O6S2/c1-16(2)22-11-18(13-29)26(28)25(17(3)4)23(22)12-20(32)15-37(33,34)24-9-8-21(10-19(24)14-31)38(35,36)30-27(5,6)7/h8-11,16-17,30-31H,12,14-15H2,1-7H3. The average molecular weight is 567 g/mol. The zero-order chi connectivity index (χ0) is 29.2. The van der Waals surface area contributed by atoms with Crippen LogP contribution in [0.1, 0.15) is 88.1 Å². The summed E-state index contributed by atoms with van der Waals surface area (Å²) in [6, 6.07) is 6.47. The summed E-state index contributed by atoms with van der Waals surface area (Å²) < 4.78 is 69.2. The van der Waals surface area contributed by atoms with Crippen LogP contribution in [0.2, 0.25) is 0 Å². The number of nitrogens with zero attached hydrogens (tertiary/aromatic N) is 1. The van der Waals surface area contributed by atoms with E-state index in [2.05, 4.69) is 4.72 Å². The summed E-state index contributed by atoms with van der Waals surface area (Å²) in [4.78, 5) is 12.5. The van der Waals surface area contributed by atoms with E-state index in [4.69, 9.17) is 0 Å². The van der Waals surface area contributed by atoms with Crippen LogP contribution in [0.25, 0.3) is 0 Å². The van der Waals surface area contributed by atoms with Gasteiger partial charge in [-0.3, -0.25) is 4.79 Å². The molecule has 0 saturated carbocycles. The first kappa shape index (κ1) is 31.6. The topological polar surface area (TPSA) is 141 Å². The van der Waals surface area contributed by atoms with Crippen LogP contribution in [0, 0.1) is 17.1 Å². The third-order valence-corrected chi connectivity index (χ3v) is 9.31. The number of benzene rings is 2. The number of hydrogen-bond acceptors (Lipinski definition) is 7. The summed E-state index contributed by atoms with van der Waals surface area (Å²) in [7, 11) is -8.27. The number of Topliss-reactive ketones (excluding diaryl/α,β-unsaturated/α-hetero) is 1. The van der Waals surface area contributed by atoms with Gasteiger partial charge in [0.2, 0.25) is 10.0 Å². The lowest BCUT2D eigenvalue weighted by molar-refractivity contribution is -0.116. The number of ketones is 1. The summed E-state index contributed by atoms with van der Waals surface area (Å²) in [5.41, 5.74) is 0.0763. The molecule has 0 aliphatic heterocycles. The molecule has 208 valence electrons. The van der Waals surface area contributed by atoms with Crippen LogP contribution in [0.15, 0.2) is 34.1 Å². The molecule has 38 heavy (non-hydrogen) atoms. The maximum Gasteiger partial charge on any atom is 0.241 e. The molecule has 0 spiro atoms. The van der Waals surface area contributed by atoms with Gasteiger partial charge in [0, 0.05) is 12.0 Å². The van der Waals surface area contributed by atoms with Gasteiger partial charge in [-0.2, -0.15) is 5.26 Å². The number of carbonyl (C=O) groups is 1. The molecule has 0 aromatic heterocycles. The van der Waals surface area contributed by atoms with Crippen LogP contribution in [0.5, 0.6) is 0 Å². The van der Waals surface area contributed by atoms with E-state index in [9.17, 15) is 32.0 Å². The van der Waals surface area contributed by atoms with E-state index in [0.717, 1.165) is 18.2 Å². The van der Waals surface area contributed by atoms with Crippen LogP contribution < -0.4 is 4.72 Å². The second-order valence-electron chi connectivity index (χ2n) is 10.9. The van der Waals surface area contributed by atoms with Crippen LogP contribution >= 0.6 is 0 Å². The highest BCUT2D eigenvalue weighted by molar-refractivity contribution is 7.92. The highest BCUT2D eigenvalue weighted by Gasteiger charge is 2.29. The third kappa shape index (κ3) is 7.26. The predicted molar refractivity (Wildman–Crippen MR) is 142 cm³/mol. The summed E-state index contributed by atoms with van der Waals surface area (Å²) >= 11 is 0. The van der Waals surface area contributed by atoms with Crippen molar-refractivity contribution < 1.29 is 31.1 Å². The molecule has 0 aliphatic carbocycles. The summed E-state index contributed by atoms with van der Waals surface area (Å²) in [6.45, 7) is 11.3. The molecule has 2 N–H and O–H groups in total. The number of carbonyl (C=O) groups excluding carboxylic acids is 1. The second kappa shape index (κ2) is 11.6. The van der Waals surface area contributed by atoms with Crippen molar-refractivity contribution in [2.24, 2.45) is 0 Å². The number of aliphatic hydroxyl groups excluding tert-OH is 1. The molecular formula is C27H35FN2O6S2. The van der Waals surface area contributed by atoms with Crippen molar-refractivity contribution in [2.75, 3.05) is 5.75 Å². The van der Waals surface area contributed by atoms with Gasteiger partial charge in [-0.25, -0.2) is 25.9 Å². The fraction of sp³-hybridized carbons (Fsp3) is 0.481. The molecule has 2 rings (SSSR count). The Morgan fingerprint density at radius 1 is 1.08 bits per heavy atom. The van der Waals surface area contributed by atoms with E-state index >= 15 is 4.39 Å². The van der Waals surface area contributed by atoms with E-state index < -0.39 is 49.4 Å². The minimum absolute atomic E-state index is 0.134. The Labute approximate surface area is 224 Å². The Bertz CT molecular complexity index is 1480. The highest BCUT2D eigenvalue weighted by atomic mass is 32.2. The largest absolute Gasteiger partial charge is 0.392 e. The first-order valence-electron chi connectivity index (χ1n) is 12.1. The first-order chi connectivity index (χ1) is 17.3. The van der Waals surface area contributed by atoms with Crippen molar-refractivity contribution in [3.63, 3.8) is 0 Å². The van der Waals surface area contributed by atoms with Gasteiger partial charge in [-0.1, -0.05) is 27.7 Å². The lowest BCUT2D eigenvalue weighted by Crippen LogP contribution is -2.40. The van der Waals surface area contributed by atoms with Gasteiger partial charge < -0.3 is 5.11 Å². The van der Waals surface area contributed by atoms with Gasteiger partial charge in [0.1, 0.15) is 17.6 Å². The molecule has 0 heterocycles. The normalized spacial score (nSPS) is 12.7. The Morgan fingerprint density at radius 2 is 1.68 bits per heavy atom. The number of hydrogen-bond donors (Lipinski definition) is 2. The molecule has 0 amide bonds. The monoisotopic (exact) mass is 566 g/mol. The van der Waals surface area contributed by atoms with E-state index in [0.29, 0.717) is 11.1 Å². The fourth-order valence-corrected chi connectivity index (χ4v) is 7.23. The molecule has 11 heteroatoms. The van der Waals surface area contributed by atoms with Crippen LogP contribution in [0.3, 0.4) is 0 Å². The predicted octanol–water partition coefficient (Wildman–Crippen LogP) is 4.10. The van der Waals surface area contributed by atoms with Gasteiger partial charge in [-0.15, -0.1) is 0 Å². The Morgan fingerprint density at radius 3 is 2.16 bits per heavy atom. The molecule has 0 saturated heterocycles. The summed E-state index contributed by atoms with van der Waals surface area (Å²) in [5.74, 6) is -2.87. The molecule has 0 radical (unpaired) electrons. The molecule has 0 aliphatic rings. The van der Waals surface area contributed by atoms with Crippen molar-refractivity contribution in [3.8, 4) is 6.07 Å². The minimum atomic E-state index is -4.28. The lowest BCUT2D eigenvalue weighted by atomic mass is 9.84. The smallest absolute Gasteiger partial charge is 0.241 e. The van der Waals surface area contributed by atoms with Gasteiger partial charge in [-0.05, 0) is 79.1 Å². The Kier molecular flexibility index (Phi) is 9.65. The minimum Gasteiger partial charge on any atom is -0.392 e. The number of nitrogens with one attached hydrogen (secondary N) is 1. The quantitative estimate of drug-likeness (QED) is 0.441. The van der Waals surface area contributed by atoms with Gasteiger partial charge >= 0.3 is 0 Å². The van der Waals surface area contributed by atoms with E-state index in [1.54, 1.807) is 34.6 Å². The number of sulfone groups is 1. The zero-order valence-corrected chi connectivity index (χ0v) is 24.3. The first-order valence-corrected chi connectivity index (χ1v) is 15.3. The van der Waals surface area contributed by atoms with Gasteiger partial charge in [0.15, 0.2) is 15.6 Å². The molecule has 0 fully saturated rings. The SMILES string of the molecule is CC(C)c1cc(C#N)c(F)c(C(C)C)c1CC(=O)CS(=O)(=O)c1ccc(S(=O)(=O)NC(C)(C)C)cc1CO. The van der Waals surface area contributed by atoms with Gasteiger partial charge in [0.25, 0.3) is 0 Å². The van der Waals surface area contributed by atoms with Crippen molar-refractivity contribution in [1.82, 2.24) is 4.72 Å². The Hall–Kier alpha value is -2.65. The number of aliphatic hydroxyl groups is 1. The number of rotatable bonds is 10. The molecule has 8 nitrogen and oxygen atoms in total. The van der Waals surface area contributed by atoms with Crippen LogP contribution in [-0.2, 0) is 37.7 Å². The van der Waals surface area contributed by atoms with Crippen LogP contribution in [0.4, 0.5) is 4.39 Å². The summed E-state index contributed by atoms with van der Waals surface area (Å²) in [5, 5.41) is 19.2. The maximum absolute atomic E-state index is 15.1. The van der Waals surface area contributed by atoms with E-state index in [1.165, 1.54) is 6.07 Å². The lowest BCUT2D eigenvalue weighted by Gasteiger charge is -2.21. The molecular weight excluding hydrogens is 531 g/mol. The van der Waals surface area contributed by atoms with E-state index in [-0.39, 0.29) is 44.7 Å². The van der Waals surface area contributed by atoms with Crippen molar-refractivity contribution in [2.45, 2.75) is 88.7 Å². The molecule has 2 aromatic carbocycles. The summed E-state index contributed by atoms with van der Waals surface area (Å²) in [6.07, 6.45) is -0.362. The molecule has 0 unspecified atom stereocenters. The van der Waals surface area contributed by atoms with Crippen molar-refractivity contribution >= 4 is 25.6 Å². The molecule has 0 bridgehead atoms. The molecule has 2 aromatic rings. The Balaban J connectivity index is 2.48. The maximum atomic E-state index is 15.1. The third-order valence-electron chi connectivity index (χ3n) is 5.78. The number of sulfonamides is 1. The number of nitriles is 1. The molecule has 0 atom stereocenters. The highest BCUT2D eigenvalue weighted by Crippen LogP contribution is 2.33. The van der Waals surface area contributed by atoms with Crippen molar-refractivity contribution in [1.29, 1.82) is 5.26 Å².